The van der Waals surface area contributed by atoms with Crippen molar-refractivity contribution < 1.29 is 43.4 Å². The number of aliphatic hydroxyl groups excluding tert-OH is 1. The van der Waals surface area contributed by atoms with Crippen molar-refractivity contribution in [3.05, 3.63) is 28.3 Å². The van der Waals surface area contributed by atoms with Gasteiger partial charge in [-0.25, -0.2) is 0 Å². The van der Waals surface area contributed by atoms with E-state index in [0.29, 0.717) is 34.4 Å². The van der Waals surface area contributed by atoms with Crippen LogP contribution >= 0.6 is 11.8 Å². The highest BCUT2D eigenvalue weighted by Crippen LogP contribution is 2.74. The number of carbonyl (C=O) groups is 1. The molecule has 0 radical (unpaired) electrons. The van der Waals surface area contributed by atoms with Crippen LogP contribution in [-0.4, -0.2) is 71.1 Å². The molecule has 5 aliphatic rings. The van der Waals surface area contributed by atoms with Gasteiger partial charge in [0.2, 0.25) is 10.7 Å². The average Bonchev–Trinajstić information content (AvgIpc) is 3.55. The molecule has 9 nitrogen and oxygen atoms in total. The minimum atomic E-state index is -1.15. The van der Waals surface area contributed by atoms with Crippen LogP contribution in [0.2, 0.25) is 0 Å². The second-order valence-electron chi connectivity index (χ2n) is 11.0. The molecule has 2 bridgehead atoms. The summed E-state index contributed by atoms with van der Waals surface area (Å²) >= 11 is 1.60. The number of epoxide rings is 1. The minimum absolute atomic E-state index is 0.0894. The van der Waals surface area contributed by atoms with Crippen LogP contribution in [-0.2, 0) is 18.9 Å². The van der Waals surface area contributed by atoms with Gasteiger partial charge in [-0.2, -0.15) is 0 Å². The van der Waals surface area contributed by atoms with E-state index in [9.17, 15) is 15.0 Å². The van der Waals surface area contributed by atoms with E-state index in [4.69, 9.17) is 28.4 Å². The van der Waals surface area contributed by atoms with E-state index in [1.54, 1.807) is 25.8 Å². The molecule has 1 aliphatic carbocycles. The average molecular weight is 545 g/mol. The molecule has 0 amide bonds. The molecule has 38 heavy (non-hydrogen) atoms. The topological polar surface area (TPSA) is 116 Å². The first-order valence-corrected chi connectivity index (χ1v) is 14.1. The highest BCUT2D eigenvalue weighted by atomic mass is 32.2. The smallest absolute Gasteiger partial charge is 0.233 e. The lowest BCUT2D eigenvalue weighted by molar-refractivity contribution is -0.260. The summed E-state index contributed by atoms with van der Waals surface area (Å²) in [6.07, 6.45) is -2.08. The Hall–Kier alpha value is -2.08. The van der Waals surface area contributed by atoms with Gasteiger partial charge < -0.3 is 38.6 Å². The number of thioether (sulfide) groups is 1. The van der Waals surface area contributed by atoms with Gasteiger partial charge >= 0.3 is 0 Å². The Balaban J connectivity index is 1.55. The lowest BCUT2D eigenvalue weighted by Crippen LogP contribution is -2.67. The highest BCUT2D eigenvalue weighted by Gasteiger charge is 2.91. The Morgan fingerprint density at radius 2 is 2.00 bits per heavy atom. The van der Waals surface area contributed by atoms with Gasteiger partial charge in [-0.3, -0.25) is 4.79 Å². The summed E-state index contributed by atoms with van der Waals surface area (Å²) in [5.74, 6) is -0.519. The van der Waals surface area contributed by atoms with Crippen LogP contribution in [0.15, 0.2) is 6.07 Å². The molecule has 10 heteroatoms. The van der Waals surface area contributed by atoms with Crippen LogP contribution in [0.1, 0.15) is 66.4 Å². The standard InChI is InChI=1S/C28H32O9S/c1-7-38-28-25-24(35-27(37-25,13(4)32-5)26(28)10-34-26)16-11(2)8-14-17(23(16)36-28)21(31)19-18(22(14)33-6)15(29)9-12(3)20(19)30/h8,12-13,15,24-25,29,31H,7,9-10H2,1-6H3/t12-,13?,15-,24+,25?,26?,27?,28?/m0/s1. The Morgan fingerprint density at radius 3 is 2.63 bits per heavy atom. The normalized spacial score (nSPS) is 38.8. The number of phenolic OH excluding ortho intramolecular Hbond substituents is 1. The summed E-state index contributed by atoms with van der Waals surface area (Å²) in [6, 6.07) is 1.90. The van der Waals surface area contributed by atoms with Gasteiger partial charge in [-0.1, -0.05) is 13.8 Å². The molecule has 0 saturated carbocycles. The number of aryl methyl sites for hydroxylation is 1. The Morgan fingerprint density at radius 1 is 1.26 bits per heavy atom. The van der Waals surface area contributed by atoms with E-state index in [1.165, 1.54) is 7.11 Å². The molecule has 2 N–H and O–H groups in total. The summed E-state index contributed by atoms with van der Waals surface area (Å²) in [5.41, 5.74) is 1.12. The maximum absolute atomic E-state index is 13.4. The summed E-state index contributed by atoms with van der Waals surface area (Å²) in [6.45, 7) is 8.04. The zero-order valence-corrected chi connectivity index (χ0v) is 23.1. The van der Waals surface area contributed by atoms with Crippen LogP contribution in [0.4, 0.5) is 0 Å². The first-order chi connectivity index (χ1) is 18.1. The Labute approximate surface area is 224 Å². The number of rotatable bonds is 5. The monoisotopic (exact) mass is 544 g/mol. The molecule has 4 aliphatic heterocycles. The van der Waals surface area contributed by atoms with Crippen molar-refractivity contribution in [1.29, 1.82) is 0 Å². The lowest BCUT2D eigenvalue weighted by atomic mass is 9.77. The molecule has 1 spiro atoms. The predicted octanol–water partition coefficient (Wildman–Crippen LogP) is 3.93. The molecular weight excluding hydrogens is 512 g/mol. The van der Waals surface area contributed by atoms with E-state index in [0.717, 1.165) is 16.9 Å². The number of fused-ring (bicyclic) bond motifs is 8. The van der Waals surface area contributed by atoms with E-state index in [1.807, 2.05) is 19.9 Å². The second-order valence-corrected chi connectivity index (χ2v) is 12.5. The number of benzene rings is 2. The molecule has 204 valence electrons. The SMILES string of the molecule is CCSC12Oc3c(c(C)cc4c(OC)c5c(c(O)c34)C(=O)[C@@H](C)C[C@@H]5O)[C@H]3OC(C(C)OC)(OC31)C21CO1. The van der Waals surface area contributed by atoms with E-state index < -0.39 is 46.7 Å². The molecule has 8 atom stereocenters. The molecule has 7 rings (SSSR count). The molecule has 4 heterocycles. The lowest BCUT2D eigenvalue weighted by Gasteiger charge is -2.50. The van der Waals surface area contributed by atoms with Crippen molar-refractivity contribution in [3.63, 3.8) is 0 Å². The number of Topliss-reactive ketones (excluding diaryl/α,β-unsaturated/α-hetero) is 1. The first kappa shape index (κ1) is 24.9. The van der Waals surface area contributed by atoms with Crippen molar-refractivity contribution in [3.8, 4) is 17.2 Å². The molecule has 2 aromatic rings. The van der Waals surface area contributed by atoms with E-state index >= 15 is 0 Å². The quantitative estimate of drug-likeness (QED) is 0.537. The summed E-state index contributed by atoms with van der Waals surface area (Å²) in [4.78, 5) is 12.4. The van der Waals surface area contributed by atoms with E-state index in [-0.39, 0.29) is 23.5 Å². The molecule has 3 saturated heterocycles. The summed E-state index contributed by atoms with van der Waals surface area (Å²) in [5, 5.41) is 23.7. The third-order valence-corrected chi connectivity index (χ3v) is 10.5. The molecule has 0 aromatic heterocycles. The first-order valence-electron chi connectivity index (χ1n) is 13.1. The van der Waals surface area contributed by atoms with Crippen LogP contribution in [0.5, 0.6) is 17.2 Å². The minimum Gasteiger partial charge on any atom is -0.506 e. The largest absolute Gasteiger partial charge is 0.506 e. The molecule has 3 fully saturated rings. The fourth-order valence-electron chi connectivity index (χ4n) is 7.34. The number of aromatic hydroxyl groups is 1. The van der Waals surface area contributed by atoms with Gasteiger partial charge in [0.25, 0.3) is 0 Å². The van der Waals surface area contributed by atoms with Gasteiger partial charge in [-0.05, 0) is 37.7 Å². The van der Waals surface area contributed by atoms with Crippen LogP contribution in [0.25, 0.3) is 10.8 Å². The third-order valence-electron chi connectivity index (χ3n) is 9.17. The van der Waals surface area contributed by atoms with Gasteiger partial charge in [0.05, 0.1) is 30.8 Å². The van der Waals surface area contributed by atoms with Gasteiger partial charge in [0.1, 0.15) is 35.6 Å². The van der Waals surface area contributed by atoms with Crippen molar-refractivity contribution >= 4 is 28.3 Å². The second kappa shape index (κ2) is 7.77. The number of ether oxygens (including phenoxy) is 6. The fraction of sp³-hybridized carbons (Fsp3) is 0.607. The Kier molecular flexibility index (Phi) is 5.10. The van der Waals surface area contributed by atoms with Gasteiger partial charge in [0, 0.05) is 29.5 Å². The third kappa shape index (κ3) is 2.56. The summed E-state index contributed by atoms with van der Waals surface area (Å²) < 4.78 is 38.2. The zero-order chi connectivity index (χ0) is 26.9. The van der Waals surface area contributed by atoms with Gasteiger partial charge in [-0.15, -0.1) is 11.8 Å². The molecule has 5 unspecified atom stereocenters. The van der Waals surface area contributed by atoms with Crippen molar-refractivity contribution in [2.24, 2.45) is 5.92 Å². The number of phenols is 1. The number of aliphatic hydroxyl groups is 1. The van der Waals surface area contributed by atoms with E-state index in [2.05, 4.69) is 6.92 Å². The summed E-state index contributed by atoms with van der Waals surface area (Å²) in [7, 11) is 3.13. The molecule has 2 aromatic carbocycles. The maximum atomic E-state index is 13.4. The zero-order valence-electron chi connectivity index (χ0n) is 22.2. The van der Waals surface area contributed by atoms with Crippen molar-refractivity contribution in [1.82, 2.24) is 0 Å². The number of methoxy groups -OCH3 is 2. The Bertz CT molecular complexity index is 1400. The fourth-order valence-corrected chi connectivity index (χ4v) is 8.74. The number of hydrogen-bond acceptors (Lipinski definition) is 10. The van der Waals surface area contributed by atoms with Gasteiger partial charge in [0.15, 0.2) is 11.4 Å². The van der Waals surface area contributed by atoms with Crippen LogP contribution in [0, 0.1) is 12.8 Å². The maximum Gasteiger partial charge on any atom is 0.233 e. The number of ketones is 1. The molecular formula is C28H32O9S. The van der Waals surface area contributed by atoms with Crippen LogP contribution in [0.3, 0.4) is 0 Å². The number of hydrogen-bond donors (Lipinski definition) is 2. The predicted molar refractivity (Wildman–Crippen MR) is 138 cm³/mol. The van der Waals surface area contributed by atoms with Crippen molar-refractivity contribution in [2.75, 3.05) is 26.6 Å². The van der Waals surface area contributed by atoms with Crippen LogP contribution < -0.4 is 9.47 Å². The number of carbonyl (C=O) groups excluding carboxylic acids is 1. The highest BCUT2D eigenvalue weighted by molar-refractivity contribution is 8.00. The van der Waals surface area contributed by atoms with Crippen molar-refractivity contribution in [2.45, 2.75) is 74.9 Å².